The predicted octanol–water partition coefficient (Wildman–Crippen LogP) is 4.62. The molecule has 1 aliphatic heterocycles. The van der Waals surface area contributed by atoms with Crippen LogP contribution >= 0.6 is 0 Å². The summed E-state index contributed by atoms with van der Waals surface area (Å²) in [5, 5.41) is 0. The van der Waals surface area contributed by atoms with Crippen molar-refractivity contribution in [2.75, 3.05) is 19.6 Å². The first-order valence-corrected chi connectivity index (χ1v) is 9.61. The molecule has 26 heavy (non-hydrogen) atoms. The maximum absolute atomic E-state index is 13.1. The van der Waals surface area contributed by atoms with E-state index in [4.69, 9.17) is 4.74 Å². The van der Waals surface area contributed by atoms with Crippen molar-refractivity contribution in [3.63, 3.8) is 0 Å². The molecule has 5 heteroatoms. The Morgan fingerprint density at radius 3 is 2.58 bits per heavy atom. The van der Waals surface area contributed by atoms with Crippen molar-refractivity contribution in [2.24, 2.45) is 0 Å². The fraction of sp³-hybridized carbons (Fsp3) is 0.524. The summed E-state index contributed by atoms with van der Waals surface area (Å²) in [6.07, 6.45) is 6.29. The first kappa shape index (κ1) is 18.8. The average Bonchev–Trinajstić information content (AvgIpc) is 2.62. The molecule has 0 N–H and O–H groups in total. The normalized spacial score (nSPS) is 16.4. The van der Waals surface area contributed by atoms with Crippen molar-refractivity contribution in [3.8, 4) is 17.1 Å². The highest BCUT2D eigenvalue weighted by atomic mass is 19.1. The van der Waals surface area contributed by atoms with Crippen LogP contribution in [0.2, 0.25) is 0 Å². The molecule has 1 atom stereocenters. The molecule has 0 radical (unpaired) electrons. The summed E-state index contributed by atoms with van der Waals surface area (Å²) in [7, 11) is 0. The monoisotopic (exact) mass is 357 g/mol. The van der Waals surface area contributed by atoms with Crippen LogP contribution in [0.25, 0.3) is 11.3 Å². The number of aryl methyl sites for hydroxylation is 1. The number of hydrogen-bond donors (Lipinski definition) is 0. The van der Waals surface area contributed by atoms with Gasteiger partial charge in [-0.3, -0.25) is 0 Å². The second-order valence-corrected chi connectivity index (χ2v) is 7.12. The summed E-state index contributed by atoms with van der Waals surface area (Å²) < 4.78 is 19.2. The van der Waals surface area contributed by atoms with E-state index in [9.17, 15) is 4.39 Å². The van der Waals surface area contributed by atoms with Gasteiger partial charge in [0.25, 0.3) is 0 Å². The molecular weight excluding hydrogens is 329 g/mol. The second-order valence-electron chi connectivity index (χ2n) is 7.12. The second kappa shape index (κ2) is 9.08. The van der Waals surface area contributed by atoms with Gasteiger partial charge in [0.15, 0.2) is 0 Å². The molecule has 2 aromatic rings. The summed E-state index contributed by atoms with van der Waals surface area (Å²) in [5.41, 5.74) is 1.62. The van der Waals surface area contributed by atoms with E-state index in [0.29, 0.717) is 11.7 Å². The highest BCUT2D eigenvalue weighted by molar-refractivity contribution is 5.59. The van der Waals surface area contributed by atoms with E-state index in [1.807, 2.05) is 13.0 Å². The van der Waals surface area contributed by atoms with Crippen LogP contribution in [0.3, 0.4) is 0 Å². The molecule has 1 aromatic carbocycles. The molecule has 1 fully saturated rings. The number of ether oxygens (including phenoxy) is 1. The van der Waals surface area contributed by atoms with Crippen molar-refractivity contribution in [3.05, 3.63) is 42.0 Å². The van der Waals surface area contributed by atoms with Crippen LogP contribution in [0.15, 0.2) is 30.3 Å². The van der Waals surface area contributed by atoms with E-state index in [-0.39, 0.29) is 11.9 Å². The lowest BCUT2D eigenvalue weighted by Gasteiger charge is -2.26. The largest absolute Gasteiger partial charge is 0.475 e. The van der Waals surface area contributed by atoms with Crippen molar-refractivity contribution in [1.29, 1.82) is 0 Å². The first-order chi connectivity index (χ1) is 12.6. The predicted molar refractivity (Wildman–Crippen MR) is 102 cm³/mol. The van der Waals surface area contributed by atoms with E-state index in [1.54, 1.807) is 12.1 Å². The minimum atomic E-state index is -0.252. The van der Waals surface area contributed by atoms with Gasteiger partial charge in [-0.2, -0.15) is 4.98 Å². The summed E-state index contributed by atoms with van der Waals surface area (Å²) in [5.74, 6) is 0.989. The SMILES string of the molecule is Cc1nc(OC(C)CCCN2CCCCC2)cc(-c2ccc(F)cc2)n1. The zero-order chi connectivity index (χ0) is 18.4. The molecule has 0 aliphatic carbocycles. The molecule has 4 nitrogen and oxygen atoms in total. The Hall–Kier alpha value is -2.01. The number of rotatable bonds is 7. The van der Waals surface area contributed by atoms with E-state index in [0.717, 1.165) is 30.6 Å². The molecule has 0 bridgehead atoms. The zero-order valence-electron chi connectivity index (χ0n) is 15.7. The third kappa shape index (κ3) is 5.49. The van der Waals surface area contributed by atoms with Crippen LogP contribution in [0.4, 0.5) is 4.39 Å². The summed E-state index contributed by atoms with van der Waals surface area (Å²) in [6.45, 7) is 7.56. The number of benzene rings is 1. The van der Waals surface area contributed by atoms with Gasteiger partial charge < -0.3 is 9.64 Å². The number of halogens is 1. The minimum absolute atomic E-state index is 0.107. The van der Waals surface area contributed by atoms with E-state index in [2.05, 4.69) is 21.8 Å². The average molecular weight is 357 g/mol. The molecule has 1 aromatic heterocycles. The third-order valence-corrected chi connectivity index (χ3v) is 4.81. The van der Waals surface area contributed by atoms with Gasteiger partial charge in [0.2, 0.25) is 5.88 Å². The standard InChI is InChI=1S/C21H28FN3O/c1-16(7-6-14-25-12-4-3-5-13-25)26-21-15-20(23-17(2)24-21)18-8-10-19(22)11-9-18/h8-11,15-16H,3-7,12-14H2,1-2H3. The minimum Gasteiger partial charge on any atom is -0.475 e. The maximum atomic E-state index is 13.1. The lowest BCUT2D eigenvalue weighted by atomic mass is 10.1. The van der Waals surface area contributed by atoms with Gasteiger partial charge in [-0.1, -0.05) is 6.42 Å². The molecule has 1 aliphatic rings. The van der Waals surface area contributed by atoms with Gasteiger partial charge in [0.05, 0.1) is 11.8 Å². The lowest BCUT2D eigenvalue weighted by Crippen LogP contribution is -2.31. The lowest BCUT2D eigenvalue weighted by molar-refractivity contribution is 0.177. The van der Waals surface area contributed by atoms with Gasteiger partial charge in [-0.15, -0.1) is 0 Å². The van der Waals surface area contributed by atoms with E-state index < -0.39 is 0 Å². The fourth-order valence-electron chi connectivity index (χ4n) is 3.42. The number of aromatic nitrogens is 2. The Morgan fingerprint density at radius 1 is 1.12 bits per heavy atom. The highest BCUT2D eigenvalue weighted by Gasteiger charge is 2.12. The smallest absolute Gasteiger partial charge is 0.217 e. The Balaban J connectivity index is 1.55. The van der Waals surface area contributed by atoms with Gasteiger partial charge in [-0.25, -0.2) is 9.37 Å². The van der Waals surface area contributed by atoms with Gasteiger partial charge >= 0.3 is 0 Å². The van der Waals surface area contributed by atoms with Crippen LogP contribution in [-0.4, -0.2) is 40.6 Å². The molecule has 0 amide bonds. The van der Waals surface area contributed by atoms with Crippen molar-refractivity contribution in [2.45, 2.75) is 52.1 Å². The Kier molecular flexibility index (Phi) is 6.56. The molecule has 1 unspecified atom stereocenters. The zero-order valence-corrected chi connectivity index (χ0v) is 15.7. The number of nitrogens with zero attached hydrogens (tertiary/aromatic N) is 3. The van der Waals surface area contributed by atoms with Crippen LogP contribution < -0.4 is 4.74 Å². The number of piperidine rings is 1. The summed E-state index contributed by atoms with van der Waals surface area (Å²) >= 11 is 0. The van der Waals surface area contributed by atoms with Gasteiger partial charge in [-0.05, 0) is 83.4 Å². The van der Waals surface area contributed by atoms with Crippen molar-refractivity contribution in [1.82, 2.24) is 14.9 Å². The summed E-state index contributed by atoms with van der Waals surface area (Å²) in [6, 6.07) is 8.17. The van der Waals surface area contributed by atoms with Crippen molar-refractivity contribution < 1.29 is 9.13 Å². The highest BCUT2D eigenvalue weighted by Crippen LogP contribution is 2.22. The molecule has 140 valence electrons. The Morgan fingerprint density at radius 2 is 1.85 bits per heavy atom. The molecular formula is C21H28FN3O. The van der Waals surface area contributed by atoms with Crippen molar-refractivity contribution >= 4 is 0 Å². The van der Waals surface area contributed by atoms with Crippen LogP contribution in [0.5, 0.6) is 5.88 Å². The van der Waals surface area contributed by atoms with Crippen LogP contribution in [0.1, 0.15) is 44.9 Å². The van der Waals surface area contributed by atoms with Crippen LogP contribution in [0, 0.1) is 12.7 Å². The fourth-order valence-corrected chi connectivity index (χ4v) is 3.42. The molecule has 1 saturated heterocycles. The number of hydrogen-bond acceptors (Lipinski definition) is 4. The van der Waals surface area contributed by atoms with Gasteiger partial charge in [0.1, 0.15) is 11.6 Å². The molecule has 3 rings (SSSR count). The molecule has 0 saturated carbocycles. The maximum Gasteiger partial charge on any atom is 0.217 e. The Bertz CT molecular complexity index is 699. The first-order valence-electron chi connectivity index (χ1n) is 9.61. The molecule has 2 heterocycles. The third-order valence-electron chi connectivity index (χ3n) is 4.81. The van der Waals surface area contributed by atoms with E-state index >= 15 is 0 Å². The molecule has 0 spiro atoms. The topological polar surface area (TPSA) is 38.2 Å². The summed E-state index contributed by atoms with van der Waals surface area (Å²) in [4.78, 5) is 11.4. The van der Waals surface area contributed by atoms with E-state index in [1.165, 1.54) is 44.5 Å². The Labute approximate surface area is 155 Å². The van der Waals surface area contributed by atoms with Gasteiger partial charge in [0, 0.05) is 11.6 Å². The quantitative estimate of drug-likeness (QED) is 0.724. The number of likely N-dealkylation sites (tertiary alicyclic amines) is 1. The van der Waals surface area contributed by atoms with Crippen LogP contribution in [-0.2, 0) is 0 Å².